The van der Waals surface area contributed by atoms with Crippen LogP contribution < -0.4 is 5.32 Å². The van der Waals surface area contributed by atoms with Gasteiger partial charge in [0.15, 0.2) is 0 Å². The van der Waals surface area contributed by atoms with Gasteiger partial charge in [0.2, 0.25) is 0 Å². The molecule has 1 fully saturated rings. The number of nitrogens with zero attached hydrogens (tertiary/aromatic N) is 1. The van der Waals surface area contributed by atoms with Crippen LogP contribution in [0.15, 0.2) is 42.5 Å². The number of piperidine rings is 1. The van der Waals surface area contributed by atoms with E-state index in [-0.39, 0.29) is 11.8 Å². The van der Waals surface area contributed by atoms with E-state index in [2.05, 4.69) is 5.32 Å². The van der Waals surface area contributed by atoms with Gasteiger partial charge in [-0.3, -0.25) is 9.59 Å². The van der Waals surface area contributed by atoms with Crippen LogP contribution in [-0.2, 0) is 0 Å². The first kappa shape index (κ1) is 17.5. The molecule has 2 aromatic rings. The van der Waals surface area contributed by atoms with E-state index in [1.807, 2.05) is 24.0 Å². The Hall–Kier alpha value is -2.33. The molecule has 0 aromatic heterocycles. The summed E-state index contributed by atoms with van der Waals surface area (Å²) in [4.78, 5) is 27.2. The van der Waals surface area contributed by atoms with Crippen molar-refractivity contribution >= 4 is 29.1 Å². The van der Waals surface area contributed by atoms with Gasteiger partial charge in [-0.2, -0.15) is 0 Å². The van der Waals surface area contributed by atoms with Crippen LogP contribution in [0.5, 0.6) is 0 Å². The van der Waals surface area contributed by atoms with E-state index in [0.717, 1.165) is 37.9 Å². The van der Waals surface area contributed by atoms with Gasteiger partial charge >= 0.3 is 0 Å². The third-order valence-corrected chi connectivity index (χ3v) is 4.73. The van der Waals surface area contributed by atoms with Crippen molar-refractivity contribution in [3.05, 3.63) is 64.2 Å². The second kappa shape index (κ2) is 7.70. The molecule has 4 nitrogen and oxygen atoms in total. The molecular weight excluding hydrogens is 336 g/mol. The number of hydrogen-bond acceptors (Lipinski definition) is 2. The third kappa shape index (κ3) is 4.02. The van der Waals surface area contributed by atoms with Crippen molar-refractivity contribution in [3.63, 3.8) is 0 Å². The van der Waals surface area contributed by atoms with Crippen molar-refractivity contribution in [1.29, 1.82) is 0 Å². The zero-order chi connectivity index (χ0) is 17.8. The minimum Gasteiger partial charge on any atom is -0.339 e. The molecule has 2 aromatic carbocycles. The van der Waals surface area contributed by atoms with E-state index in [0.29, 0.717) is 21.8 Å². The van der Waals surface area contributed by atoms with Gasteiger partial charge in [-0.05, 0) is 56.0 Å². The van der Waals surface area contributed by atoms with E-state index in [4.69, 9.17) is 11.6 Å². The Morgan fingerprint density at radius 2 is 1.72 bits per heavy atom. The fraction of sp³-hybridized carbons (Fsp3) is 0.300. The Kier molecular flexibility index (Phi) is 5.39. The number of aryl methyl sites for hydroxylation is 1. The van der Waals surface area contributed by atoms with Gasteiger partial charge in [-0.15, -0.1) is 0 Å². The highest BCUT2D eigenvalue weighted by Crippen LogP contribution is 2.23. The molecule has 0 bridgehead atoms. The van der Waals surface area contributed by atoms with Crippen molar-refractivity contribution in [3.8, 4) is 0 Å². The lowest BCUT2D eigenvalue weighted by Crippen LogP contribution is -2.36. The van der Waals surface area contributed by atoms with E-state index in [9.17, 15) is 9.59 Å². The van der Waals surface area contributed by atoms with Crippen molar-refractivity contribution in [1.82, 2.24) is 4.90 Å². The maximum Gasteiger partial charge on any atom is 0.257 e. The number of halogens is 1. The molecule has 2 amide bonds. The van der Waals surface area contributed by atoms with Crippen molar-refractivity contribution in [2.45, 2.75) is 26.2 Å². The van der Waals surface area contributed by atoms with Crippen LogP contribution in [0, 0.1) is 6.92 Å². The third-order valence-electron chi connectivity index (χ3n) is 4.42. The van der Waals surface area contributed by atoms with Gasteiger partial charge in [0, 0.05) is 13.1 Å². The van der Waals surface area contributed by atoms with Crippen molar-refractivity contribution < 1.29 is 9.59 Å². The predicted octanol–water partition coefficient (Wildman–Crippen LogP) is 4.53. The maximum atomic E-state index is 12.8. The number of anilines is 1. The Morgan fingerprint density at radius 3 is 2.44 bits per heavy atom. The Morgan fingerprint density at radius 1 is 1.00 bits per heavy atom. The first-order valence-electron chi connectivity index (χ1n) is 8.52. The highest BCUT2D eigenvalue weighted by molar-refractivity contribution is 6.34. The number of carbonyl (C=O) groups excluding carboxylic acids is 2. The molecule has 5 heteroatoms. The summed E-state index contributed by atoms with van der Waals surface area (Å²) in [5.41, 5.74) is 2.41. The molecule has 1 saturated heterocycles. The summed E-state index contributed by atoms with van der Waals surface area (Å²) in [6.45, 7) is 3.45. The summed E-state index contributed by atoms with van der Waals surface area (Å²) in [5, 5.41) is 3.24. The van der Waals surface area contributed by atoms with Crippen molar-refractivity contribution in [2.24, 2.45) is 0 Å². The topological polar surface area (TPSA) is 49.4 Å². The average molecular weight is 357 g/mol. The summed E-state index contributed by atoms with van der Waals surface area (Å²) in [6.07, 6.45) is 3.21. The highest BCUT2D eigenvalue weighted by Gasteiger charge is 2.21. The largest absolute Gasteiger partial charge is 0.339 e. The van der Waals surface area contributed by atoms with Gasteiger partial charge in [0.25, 0.3) is 11.8 Å². The Balaban J connectivity index is 1.83. The minimum atomic E-state index is -0.316. The Bertz CT molecular complexity index is 798. The molecule has 1 N–H and O–H groups in total. The zero-order valence-electron chi connectivity index (χ0n) is 14.2. The molecular formula is C20H21ClN2O2. The molecule has 0 radical (unpaired) electrons. The number of hydrogen-bond donors (Lipinski definition) is 1. The lowest BCUT2D eigenvalue weighted by molar-refractivity contribution is 0.0725. The van der Waals surface area contributed by atoms with E-state index in [1.165, 1.54) is 0 Å². The normalized spacial score (nSPS) is 14.2. The smallest absolute Gasteiger partial charge is 0.257 e. The monoisotopic (exact) mass is 356 g/mol. The average Bonchev–Trinajstić information content (AvgIpc) is 2.62. The van der Waals surface area contributed by atoms with Gasteiger partial charge in [0.05, 0.1) is 21.8 Å². The quantitative estimate of drug-likeness (QED) is 0.878. The summed E-state index contributed by atoms with van der Waals surface area (Å²) in [7, 11) is 0. The summed E-state index contributed by atoms with van der Waals surface area (Å²) < 4.78 is 0. The molecule has 130 valence electrons. The number of benzene rings is 2. The van der Waals surface area contributed by atoms with Crippen LogP contribution in [0.25, 0.3) is 0 Å². The predicted molar refractivity (Wildman–Crippen MR) is 100 cm³/mol. The molecule has 0 saturated carbocycles. The van der Waals surface area contributed by atoms with Crippen LogP contribution in [0.3, 0.4) is 0 Å². The molecule has 0 unspecified atom stereocenters. The molecule has 3 rings (SSSR count). The van der Waals surface area contributed by atoms with Gasteiger partial charge in [0.1, 0.15) is 0 Å². The fourth-order valence-electron chi connectivity index (χ4n) is 3.04. The highest BCUT2D eigenvalue weighted by atomic mass is 35.5. The van der Waals surface area contributed by atoms with Crippen LogP contribution in [0.1, 0.15) is 45.5 Å². The molecule has 25 heavy (non-hydrogen) atoms. The number of para-hydroxylation sites is 1. The first-order chi connectivity index (χ1) is 12.1. The number of nitrogens with one attached hydrogen (secondary N) is 1. The van der Waals surface area contributed by atoms with Crippen molar-refractivity contribution in [2.75, 3.05) is 18.4 Å². The van der Waals surface area contributed by atoms with Crippen LogP contribution in [-0.4, -0.2) is 29.8 Å². The van der Waals surface area contributed by atoms with E-state index >= 15 is 0 Å². The van der Waals surface area contributed by atoms with Crippen LogP contribution in [0.2, 0.25) is 5.02 Å². The van der Waals surface area contributed by atoms with Crippen LogP contribution >= 0.6 is 11.6 Å². The second-order valence-corrected chi connectivity index (χ2v) is 6.74. The fourth-order valence-corrected chi connectivity index (χ4v) is 3.36. The molecule has 1 aliphatic rings. The maximum absolute atomic E-state index is 12.8. The summed E-state index contributed by atoms with van der Waals surface area (Å²) in [6, 6.07) is 12.4. The zero-order valence-corrected chi connectivity index (χ0v) is 15.0. The number of likely N-dealkylation sites (tertiary alicyclic amines) is 1. The summed E-state index contributed by atoms with van der Waals surface area (Å²) in [5.74, 6) is -0.352. The molecule has 1 aliphatic heterocycles. The Labute approximate surface area is 152 Å². The molecule has 0 aliphatic carbocycles. The van der Waals surface area contributed by atoms with E-state index < -0.39 is 0 Å². The molecule has 1 heterocycles. The summed E-state index contributed by atoms with van der Waals surface area (Å²) >= 11 is 6.18. The van der Waals surface area contributed by atoms with Crippen LogP contribution in [0.4, 0.5) is 5.69 Å². The van der Waals surface area contributed by atoms with E-state index in [1.54, 1.807) is 30.3 Å². The van der Waals surface area contributed by atoms with Gasteiger partial charge < -0.3 is 10.2 Å². The number of amides is 2. The SMILES string of the molecule is Cc1ccc(C(=O)Nc2ccccc2C(=O)N2CCCCC2)c(Cl)c1. The standard InChI is InChI=1S/C20H21ClN2O2/c1-14-9-10-15(17(21)13-14)19(24)22-18-8-4-3-7-16(18)20(25)23-11-5-2-6-12-23/h3-4,7-10,13H,2,5-6,11-12H2,1H3,(H,22,24). The molecule has 0 spiro atoms. The lowest BCUT2D eigenvalue weighted by Gasteiger charge is -2.27. The number of carbonyl (C=O) groups is 2. The second-order valence-electron chi connectivity index (χ2n) is 6.34. The molecule has 0 atom stereocenters. The minimum absolute atomic E-state index is 0.0365. The first-order valence-corrected chi connectivity index (χ1v) is 8.90. The van der Waals surface area contributed by atoms with Gasteiger partial charge in [-0.1, -0.05) is 29.8 Å². The lowest BCUT2D eigenvalue weighted by atomic mass is 10.1. The van der Waals surface area contributed by atoms with Gasteiger partial charge in [-0.25, -0.2) is 0 Å². The number of rotatable bonds is 3.